The molecule has 1 aromatic heterocycles. The fourth-order valence-electron chi connectivity index (χ4n) is 3.20. The van der Waals surface area contributed by atoms with Crippen LogP contribution in [0.3, 0.4) is 0 Å². The Labute approximate surface area is 151 Å². The number of nitrogens with zero attached hydrogens (tertiary/aromatic N) is 5. The molecule has 6 nitrogen and oxygen atoms in total. The Morgan fingerprint density at radius 2 is 2.04 bits per heavy atom. The van der Waals surface area contributed by atoms with E-state index < -0.39 is 0 Å². The summed E-state index contributed by atoms with van der Waals surface area (Å²) in [5.41, 5.74) is 4.27. The fraction of sp³-hybridized carbons (Fsp3) is 0.150. The number of phenols is 1. The quantitative estimate of drug-likeness (QED) is 0.791. The molecule has 6 heteroatoms. The van der Waals surface area contributed by atoms with Crippen LogP contribution < -0.4 is 5.01 Å². The van der Waals surface area contributed by atoms with E-state index in [4.69, 9.17) is 5.10 Å². The molecule has 0 saturated heterocycles. The normalized spacial score (nSPS) is 16.4. The molecule has 0 saturated carbocycles. The molecule has 0 spiro atoms. The molecule has 0 amide bonds. The largest absolute Gasteiger partial charge is 0.508 e. The molecule has 2 heterocycles. The average molecular weight is 343 g/mol. The summed E-state index contributed by atoms with van der Waals surface area (Å²) in [6.45, 7) is 0. The zero-order valence-corrected chi connectivity index (χ0v) is 14.2. The van der Waals surface area contributed by atoms with E-state index in [9.17, 15) is 10.4 Å². The number of rotatable bonds is 3. The summed E-state index contributed by atoms with van der Waals surface area (Å²) in [5, 5.41) is 30.0. The van der Waals surface area contributed by atoms with Gasteiger partial charge in [0.1, 0.15) is 5.75 Å². The molecule has 4 rings (SSSR count). The van der Waals surface area contributed by atoms with Crippen molar-refractivity contribution in [2.75, 3.05) is 5.01 Å². The van der Waals surface area contributed by atoms with Crippen LogP contribution in [0.15, 0.2) is 66.0 Å². The van der Waals surface area contributed by atoms with Gasteiger partial charge in [-0.2, -0.15) is 15.5 Å². The molecule has 26 heavy (non-hydrogen) atoms. The predicted octanol–water partition coefficient (Wildman–Crippen LogP) is 3.35. The standard InChI is InChI=1S/C20H17N5O/c1-24-13-16(12-22-24)20-10-19(15-5-3-7-18(26)9-15)23-25(20)17-6-2-4-14(8-17)11-21/h2-9,12-13,20,26H,10H2,1H3. The van der Waals surface area contributed by atoms with Gasteiger partial charge in [0.05, 0.1) is 35.3 Å². The maximum absolute atomic E-state index is 9.79. The number of anilines is 1. The molecule has 1 aliphatic rings. The maximum Gasteiger partial charge on any atom is 0.116 e. The van der Waals surface area contributed by atoms with Crippen molar-refractivity contribution in [3.8, 4) is 11.8 Å². The molecule has 0 bridgehead atoms. The molecule has 2 aromatic carbocycles. The lowest BCUT2D eigenvalue weighted by Gasteiger charge is -2.22. The van der Waals surface area contributed by atoms with E-state index in [1.165, 1.54) is 0 Å². The highest BCUT2D eigenvalue weighted by molar-refractivity contribution is 6.03. The monoisotopic (exact) mass is 343 g/mol. The van der Waals surface area contributed by atoms with Gasteiger partial charge in [0.15, 0.2) is 0 Å². The van der Waals surface area contributed by atoms with Crippen LogP contribution in [0.5, 0.6) is 5.75 Å². The summed E-state index contributed by atoms with van der Waals surface area (Å²) in [7, 11) is 1.89. The molecule has 1 aliphatic heterocycles. The van der Waals surface area contributed by atoms with Crippen molar-refractivity contribution >= 4 is 11.4 Å². The number of nitriles is 1. The molecular weight excluding hydrogens is 326 g/mol. The summed E-state index contributed by atoms with van der Waals surface area (Å²) in [6, 6.07) is 16.7. The Kier molecular flexibility index (Phi) is 3.90. The highest BCUT2D eigenvalue weighted by Crippen LogP contribution is 2.37. The third-order valence-corrected chi connectivity index (χ3v) is 4.44. The lowest BCUT2D eigenvalue weighted by Crippen LogP contribution is -2.18. The number of hydrogen-bond acceptors (Lipinski definition) is 5. The minimum atomic E-state index is -0.0185. The van der Waals surface area contributed by atoms with Crippen LogP contribution in [-0.2, 0) is 7.05 Å². The molecule has 3 aromatic rings. The van der Waals surface area contributed by atoms with E-state index in [1.54, 1.807) is 22.9 Å². The summed E-state index contributed by atoms with van der Waals surface area (Å²) < 4.78 is 1.77. The van der Waals surface area contributed by atoms with Gasteiger partial charge >= 0.3 is 0 Å². The van der Waals surface area contributed by atoms with Crippen LogP contribution in [0, 0.1) is 11.3 Å². The molecule has 0 radical (unpaired) electrons. The number of hydrazone groups is 1. The Morgan fingerprint density at radius 1 is 1.19 bits per heavy atom. The van der Waals surface area contributed by atoms with Crippen molar-refractivity contribution in [3.05, 3.63) is 77.6 Å². The topological polar surface area (TPSA) is 77.4 Å². The van der Waals surface area contributed by atoms with Gasteiger partial charge in [-0.3, -0.25) is 9.69 Å². The number of hydrogen-bond donors (Lipinski definition) is 1. The second-order valence-corrected chi connectivity index (χ2v) is 6.27. The van der Waals surface area contributed by atoms with Crippen LogP contribution in [0.2, 0.25) is 0 Å². The number of benzene rings is 2. The zero-order chi connectivity index (χ0) is 18.1. The van der Waals surface area contributed by atoms with Gasteiger partial charge in [0.25, 0.3) is 0 Å². The number of phenolic OH excluding ortho intramolecular Hbond substituents is 1. The van der Waals surface area contributed by atoms with Crippen molar-refractivity contribution in [2.45, 2.75) is 12.5 Å². The highest BCUT2D eigenvalue weighted by atomic mass is 16.3. The first-order valence-corrected chi connectivity index (χ1v) is 8.29. The molecule has 128 valence electrons. The second kappa shape index (κ2) is 6.37. The Balaban J connectivity index is 1.78. The predicted molar refractivity (Wildman–Crippen MR) is 98.8 cm³/mol. The molecule has 1 N–H and O–H groups in total. The minimum Gasteiger partial charge on any atom is -0.508 e. The van der Waals surface area contributed by atoms with Crippen LogP contribution in [0.4, 0.5) is 5.69 Å². The van der Waals surface area contributed by atoms with Crippen LogP contribution in [0.1, 0.15) is 29.2 Å². The zero-order valence-electron chi connectivity index (χ0n) is 14.2. The minimum absolute atomic E-state index is 0.0185. The molecule has 1 unspecified atom stereocenters. The fourth-order valence-corrected chi connectivity index (χ4v) is 3.20. The Bertz CT molecular complexity index is 1030. The van der Waals surface area contributed by atoms with E-state index in [2.05, 4.69) is 11.2 Å². The van der Waals surface area contributed by atoms with E-state index >= 15 is 0 Å². The summed E-state index contributed by atoms with van der Waals surface area (Å²) in [5.74, 6) is 0.216. The third-order valence-electron chi connectivity index (χ3n) is 4.44. The van der Waals surface area contributed by atoms with Crippen molar-refractivity contribution in [1.29, 1.82) is 5.26 Å². The third kappa shape index (κ3) is 2.91. The molecule has 0 fully saturated rings. The first-order chi connectivity index (χ1) is 12.6. The van der Waals surface area contributed by atoms with Crippen LogP contribution in [-0.4, -0.2) is 20.6 Å². The maximum atomic E-state index is 9.79. The lowest BCUT2D eigenvalue weighted by atomic mass is 10.00. The number of aromatic nitrogens is 2. The first kappa shape index (κ1) is 15.9. The van der Waals surface area contributed by atoms with E-state index in [-0.39, 0.29) is 11.8 Å². The van der Waals surface area contributed by atoms with Crippen LogP contribution in [0.25, 0.3) is 0 Å². The number of aryl methyl sites for hydroxylation is 1. The van der Waals surface area contributed by atoms with Crippen LogP contribution >= 0.6 is 0 Å². The van der Waals surface area contributed by atoms with Crippen molar-refractivity contribution in [3.63, 3.8) is 0 Å². The van der Waals surface area contributed by atoms with Gasteiger partial charge in [0, 0.05) is 30.8 Å². The van der Waals surface area contributed by atoms with Gasteiger partial charge in [-0.05, 0) is 30.3 Å². The lowest BCUT2D eigenvalue weighted by molar-refractivity contribution is 0.475. The van der Waals surface area contributed by atoms with Crippen molar-refractivity contribution < 1.29 is 5.11 Å². The van der Waals surface area contributed by atoms with Gasteiger partial charge in [-0.1, -0.05) is 18.2 Å². The van der Waals surface area contributed by atoms with Crippen molar-refractivity contribution in [1.82, 2.24) is 9.78 Å². The van der Waals surface area contributed by atoms with E-state index in [1.807, 2.05) is 54.8 Å². The Hall–Kier alpha value is -3.59. The number of aromatic hydroxyl groups is 1. The SMILES string of the molecule is Cn1cc(C2CC(c3cccc(O)c3)=NN2c2cccc(C#N)c2)cn1. The smallest absolute Gasteiger partial charge is 0.116 e. The second-order valence-electron chi connectivity index (χ2n) is 6.27. The first-order valence-electron chi connectivity index (χ1n) is 8.29. The van der Waals surface area contributed by atoms with Gasteiger partial charge in [-0.15, -0.1) is 0 Å². The summed E-state index contributed by atoms with van der Waals surface area (Å²) >= 11 is 0. The van der Waals surface area contributed by atoms with Gasteiger partial charge in [0.2, 0.25) is 0 Å². The van der Waals surface area contributed by atoms with Gasteiger partial charge < -0.3 is 5.11 Å². The summed E-state index contributed by atoms with van der Waals surface area (Å²) in [4.78, 5) is 0. The summed E-state index contributed by atoms with van der Waals surface area (Å²) in [6.07, 6.45) is 4.51. The van der Waals surface area contributed by atoms with Gasteiger partial charge in [-0.25, -0.2) is 0 Å². The van der Waals surface area contributed by atoms with Crippen molar-refractivity contribution in [2.24, 2.45) is 12.1 Å². The molecule has 0 aliphatic carbocycles. The molecular formula is C20H17N5O. The molecule has 1 atom stereocenters. The Morgan fingerprint density at radius 3 is 2.77 bits per heavy atom. The van der Waals surface area contributed by atoms with E-state index in [0.717, 1.165) is 22.5 Å². The average Bonchev–Trinajstić information content (AvgIpc) is 3.28. The van der Waals surface area contributed by atoms with E-state index in [0.29, 0.717) is 12.0 Å². The highest BCUT2D eigenvalue weighted by Gasteiger charge is 2.31.